The summed E-state index contributed by atoms with van der Waals surface area (Å²) in [7, 11) is -2.29. The van der Waals surface area contributed by atoms with Crippen LogP contribution in [0.4, 0.5) is 9.59 Å². The van der Waals surface area contributed by atoms with Gasteiger partial charge in [0.15, 0.2) is 19.6 Å². The first kappa shape index (κ1) is 27.3. The van der Waals surface area contributed by atoms with E-state index in [0.717, 1.165) is 5.56 Å². The average Bonchev–Trinajstić information content (AvgIpc) is 3.46. The Morgan fingerprint density at radius 3 is 1.60 bits per heavy atom. The van der Waals surface area contributed by atoms with Gasteiger partial charge in [-0.15, -0.1) is 0 Å². The third-order valence-corrected chi connectivity index (χ3v) is 16.8. The summed E-state index contributed by atoms with van der Waals surface area (Å²) in [5, 5.41) is 11.8. The van der Waals surface area contributed by atoms with Gasteiger partial charge >= 0.3 is 12.1 Å². The molecule has 3 aliphatic heterocycles. The maximum atomic E-state index is 14.4. The predicted molar refractivity (Wildman–Crippen MR) is 150 cm³/mol. The monoisotopic (exact) mass is 567 g/mol. The van der Waals surface area contributed by atoms with Gasteiger partial charge in [-0.3, -0.25) is 14.5 Å². The minimum atomic E-state index is -2.29. The first-order chi connectivity index (χ1) is 18.9. The molecule has 0 aromatic heterocycles. The number of hydrogen-bond donors (Lipinski definition) is 4. The molecule has 6 amide bonds. The minimum Gasteiger partial charge on any atom is -0.414 e. The van der Waals surface area contributed by atoms with Crippen LogP contribution in [0.25, 0.3) is 0 Å². The number of urea groups is 2. The van der Waals surface area contributed by atoms with Crippen LogP contribution in [0.5, 0.6) is 0 Å². The van der Waals surface area contributed by atoms with E-state index in [1.165, 1.54) is 4.90 Å². The Morgan fingerprint density at radius 1 is 0.775 bits per heavy atom. The Bertz CT molecular complexity index is 1160. The summed E-state index contributed by atoms with van der Waals surface area (Å²) in [6.07, 6.45) is 1.25. The van der Waals surface area contributed by atoms with Gasteiger partial charge in [0, 0.05) is 11.8 Å². The van der Waals surface area contributed by atoms with E-state index in [0.29, 0.717) is 29.5 Å². The van der Waals surface area contributed by atoms with Crippen molar-refractivity contribution >= 4 is 32.2 Å². The summed E-state index contributed by atoms with van der Waals surface area (Å²) in [5.74, 6) is -2.58. The third kappa shape index (κ3) is 3.30. The lowest BCUT2D eigenvalue weighted by atomic mass is 9.50. The number of carbonyl (C=O) groups excluding carboxylic acids is 4. The van der Waals surface area contributed by atoms with Gasteiger partial charge in [0.2, 0.25) is 11.8 Å². The molecular formula is C29H41N5O5Si. The molecule has 1 aromatic carbocycles. The molecule has 11 heteroatoms. The summed E-state index contributed by atoms with van der Waals surface area (Å²) in [6, 6.07) is 8.31. The molecule has 6 fully saturated rings. The highest BCUT2D eigenvalue weighted by Crippen LogP contribution is 2.62. The van der Waals surface area contributed by atoms with Gasteiger partial charge in [0.1, 0.15) is 0 Å². The van der Waals surface area contributed by atoms with Crippen molar-refractivity contribution in [3.8, 4) is 0 Å². The van der Waals surface area contributed by atoms with Crippen LogP contribution in [0.1, 0.15) is 66.0 Å². The lowest BCUT2D eigenvalue weighted by Crippen LogP contribution is -2.80. The van der Waals surface area contributed by atoms with Gasteiger partial charge in [0.05, 0.1) is 24.5 Å². The van der Waals surface area contributed by atoms with E-state index in [1.807, 2.05) is 30.3 Å². The van der Waals surface area contributed by atoms with Crippen molar-refractivity contribution in [2.45, 2.75) is 88.4 Å². The van der Waals surface area contributed by atoms with Gasteiger partial charge in [-0.2, -0.15) is 0 Å². The van der Waals surface area contributed by atoms with Crippen molar-refractivity contribution in [1.82, 2.24) is 26.2 Å². The van der Waals surface area contributed by atoms with Crippen molar-refractivity contribution in [2.24, 2.45) is 23.7 Å². The van der Waals surface area contributed by atoms with E-state index in [9.17, 15) is 19.2 Å². The lowest BCUT2D eigenvalue weighted by Gasteiger charge is -2.58. The first-order valence-corrected chi connectivity index (χ1v) is 16.8. The van der Waals surface area contributed by atoms with Crippen LogP contribution in [-0.4, -0.2) is 55.0 Å². The fourth-order valence-electron chi connectivity index (χ4n) is 9.49. The highest BCUT2D eigenvalue weighted by atomic mass is 28.4. The van der Waals surface area contributed by atoms with E-state index >= 15 is 0 Å². The number of benzene rings is 1. The Morgan fingerprint density at radius 2 is 1.20 bits per heavy atom. The van der Waals surface area contributed by atoms with Crippen LogP contribution in [0.3, 0.4) is 0 Å². The summed E-state index contributed by atoms with van der Waals surface area (Å²) in [4.78, 5) is 55.5. The number of amides is 6. The number of imide groups is 1. The van der Waals surface area contributed by atoms with Crippen LogP contribution in [-0.2, 0) is 14.0 Å². The molecular weight excluding hydrogens is 526 g/mol. The van der Waals surface area contributed by atoms with E-state index in [2.05, 4.69) is 62.8 Å². The zero-order valence-corrected chi connectivity index (χ0v) is 25.1. The number of nitrogens with zero attached hydrogens (tertiary/aromatic N) is 1. The average molecular weight is 568 g/mol. The highest BCUT2D eigenvalue weighted by molar-refractivity contribution is 6.77. The Labute approximate surface area is 236 Å². The molecule has 0 spiro atoms. The van der Waals surface area contributed by atoms with Gasteiger partial charge < -0.3 is 25.7 Å². The zero-order valence-electron chi connectivity index (χ0n) is 24.1. The molecule has 0 unspecified atom stereocenters. The maximum Gasteiger partial charge on any atom is 0.318 e. The second-order valence-electron chi connectivity index (χ2n) is 13.2. The van der Waals surface area contributed by atoms with Gasteiger partial charge in [-0.05, 0) is 35.0 Å². The molecule has 7 rings (SSSR count). The van der Waals surface area contributed by atoms with Crippen molar-refractivity contribution in [3.05, 3.63) is 35.9 Å². The fourth-order valence-corrected chi connectivity index (χ4v) is 14.9. The van der Waals surface area contributed by atoms with E-state index in [4.69, 9.17) is 4.43 Å². The first-order valence-electron chi connectivity index (χ1n) is 14.7. The standard InChI is InChI=1S/C29H41N5O5Si/c1-15(2)40(16(3)4,17(5)6)39-14-21(18-10-8-7-9-11-18)34-24(35)22-19-12-13-20(23(22)25(34)36)29-28(19,30-26(37)32-29)31-27(38)33-29/h7-11,15-17,19-23H,12-14H2,1-6H3,(H2,30,32,37)(H2,31,33,38)/t19-,20+,21-,22-,23+,28?,29?/m0/s1. The predicted octanol–water partition coefficient (Wildman–Crippen LogP) is 3.58. The smallest absolute Gasteiger partial charge is 0.318 e. The summed E-state index contributed by atoms with van der Waals surface area (Å²) >= 11 is 0. The van der Waals surface area contributed by atoms with Crippen molar-refractivity contribution in [2.75, 3.05) is 6.61 Å². The number of nitrogens with one attached hydrogen (secondary N) is 4. The van der Waals surface area contributed by atoms with Crippen molar-refractivity contribution < 1.29 is 23.6 Å². The van der Waals surface area contributed by atoms with Crippen LogP contribution in [0.15, 0.2) is 30.3 Å². The van der Waals surface area contributed by atoms with Gasteiger partial charge in [0.25, 0.3) is 0 Å². The van der Waals surface area contributed by atoms with Crippen molar-refractivity contribution in [3.63, 3.8) is 0 Å². The van der Waals surface area contributed by atoms with Crippen molar-refractivity contribution in [1.29, 1.82) is 0 Å². The minimum absolute atomic E-state index is 0.238. The third-order valence-electron chi connectivity index (χ3n) is 10.8. The Hall–Kier alpha value is -2.92. The molecule has 2 bridgehead atoms. The second-order valence-corrected chi connectivity index (χ2v) is 18.7. The second kappa shape index (κ2) is 9.04. The van der Waals surface area contributed by atoms with Gasteiger partial charge in [-0.1, -0.05) is 71.9 Å². The summed E-state index contributed by atoms with van der Waals surface area (Å²) in [5.41, 5.74) is -0.365. The molecule has 10 nitrogen and oxygen atoms in total. The number of rotatable bonds is 8. The maximum absolute atomic E-state index is 14.4. The molecule has 3 saturated heterocycles. The summed E-state index contributed by atoms with van der Waals surface area (Å²) < 4.78 is 6.99. The molecule has 5 atom stereocenters. The molecule has 3 aliphatic carbocycles. The van der Waals surface area contributed by atoms with E-state index < -0.39 is 61.4 Å². The zero-order chi connectivity index (χ0) is 28.8. The number of fused-ring (bicyclic) bond motifs is 1. The Kier molecular flexibility index (Phi) is 6.16. The molecule has 3 heterocycles. The SMILES string of the molecule is CC(C)[Si](OC[C@@H](c1ccccc1)N1C(=O)[C@@H]2[C@H](C1=O)[C@H]1CC[C@@H]2C23NC(=O)NC12NC(=O)N3)(C(C)C)C(C)C. The molecule has 40 heavy (non-hydrogen) atoms. The number of likely N-dealkylation sites (tertiary alicyclic amines) is 1. The van der Waals surface area contributed by atoms with Crippen LogP contribution in [0.2, 0.25) is 16.6 Å². The largest absolute Gasteiger partial charge is 0.414 e. The molecule has 4 N–H and O–H groups in total. The molecule has 216 valence electrons. The van der Waals surface area contributed by atoms with E-state index in [1.54, 1.807) is 0 Å². The molecule has 0 radical (unpaired) electrons. The normalized spacial score (nSPS) is 35.0. The molecule has 1 aromatic rings. The lowest BCUT2D eigenvalue weighted by molar-refractivity contribution is -0.147. The summed E-state index contributed by atoms with van der Waals surface area (Å²) in [6.45, 7) is 13.6. The van der Waals surface area contributed by atoms with Crippen LogP contribution < -0.4 is 21.3 Å². The van der Waals surface area contributed by atoms with E-state index in [-0.39, 0.29) is 18.4 Å². The van der Waals surface area contributed by atoms with Gasteiger partial charge in [-0.25, -0.2) is 9.59 Å². The van der Waals surface area contributed by atoms with Crippen LogP contribution >= 0.6 is 0 Å². The fraction of sp³-hybridized carbons (Fsp3) is 0.655. The quantitative estimate of drug-likeness (QED) is 0.282. The highest BCUT2D eigenvalue weighted by Gasteiger charge is 2.81. The number of hydrogen-bond acceptors (Lipinski definition) is 5. The molecule has 6 aliphatic rings. The number of carbonyl (C=O) groups is 4. The molecule has 3 saturated carbocycles. The van der Waals surface area contributed by atoms with Crippen LogP contribution in [0, 0.1) is 23.7 Å². The topological polar surface area (TPSA) is 129 Å². The Balaban J connectivity index is 1.39.